The maximum atomic E-state index is 12.5. The second-order valence-electron chi connectivity index (χ2n) is 5.19. The molecule has 0 radical (unpaired) electrons. The van der Waals surface area contributed by atoms with Crippen molar-refractivity contribution in [3.8, 4) is 0 Å². The van der Waals surface area contributed by atoms with Crippen LogP contribution in [0.3, 0.4) is 0 Å². The highest BCUT2D eigenvalue weighted by Crippen LogP contribution is 2.29. The Morgan fingerprint density at radius 2 is 2.14 bits per heavy atom. The van der Waals surface area contributed by atoms with Gasteiger partial charge in [0, 0.05) is 6.54 Å². The highest BCUT2D eigenvalue weighted by molar-refractivity contribution is 7.12. The summed E-state index contributed by atoms with van der Waals surface area (Å²) in [7, 11) is 0. The lowest BCUT2D eigenvalue weighted by Gasteiger charge is -2.18. The Balaban J connectivity index is 1.73. The van der Waals surface area contributed by atoms with Gasteiger partial charge in [-0.3, -0.25) is 9.59 Å². The van der Waals surface area contributed by atoms with Crippen molar-refractivity contribution in [2.24, 2.45) is 0 Å². The van der Waals surface area contributed by atoms with E-state index < -0.39 is 6.04 Å². The number of thiophene rings is 1. The first-order valence-electron chi connectivity index (χ1n) is 6.99. The lowest BCUT2D eigenvalue weighted by molar-refractivity contribution is -0.118. The van der Waals surface area contributed by atoms with Crippen molar-refractivity contribution in [1.82, 2.24) is 5.32 Å². The number of carbonyl (C=O) groups is 2. The maximum Gasteiger partial charge on any atom is 0.262 e. The van der Waals surface area contributed by atoms with Gasteiger partial charge in [-0.2, -0.15) is 0 Å². The molecular weight excluding hydrogens is 320 g/mol. The Labute approximate surface area is 137 Å². The Hall–Kier alpha value is -1.85. The van der Waals surface area contributed by atoms with Crippen molar-refractivity contribution >= 4 is 40.4 Å². The monoisotopic (exact) mass is 334 g/mol. The van der Waals surface area contributed by atoms with E-state index in [2.05, 4.69) is 5.32 Å². The topological polar surface area (TPSA) is 49.4 Å². The van der Waals surface area contributed by atoms with Crippen molar-refractivity contribution in [3.05, 3.63) is 51.2 Å². The molecule has 0 spiro atoms. The predicted molar refractivity (Wildman–Crippen MR) is 88.7 cm³/mol. The van der Waals surface area contributed by atoms with Crippen LogP contribution in [0.1, 0.15) is 21.7 Å². The molecule has 22 heavy (non-hydrogen) atoms. The van der Waals surface area contributed by atoms with Crippen molar-refractivity contribution in [3.63, 3.8) is 0 Å². The molecule has 2 amide bonds. The van der Waals surface area contributed by atoms with Crippen LogP contribution in [0, 0.1) is 6.92 Å². The molecule has 0 aliphatic carbocycles. The Bertz CT molecular complexity index is 728. The van der Waals surface area contributed by atoms with Crippen LogP contribution >= 0.6 is 22.9 Å². The molecule has 1 fully saturated rings. The van der Waals surface area contributed by atoms with E-state index in [0.717, 1.165) is 5.56 Å². The standard InChI is InChI=1S/C16H15ClN2O2S/c1-10-7-9-22-14(10)15(20)18-12-6-8-19(16(12)21)13-5-3-2-4-11(13)17/h2-5,7,9,12H,6,8H2,1H3,(H,18,20)/t12-/m1/s1. The maximum absolute atomic E-state index is 12.5. The second kappa shape index (κ2) is 6.10. The van der Waals surface area contributed by atoms with Crippen molar-refractivity contribution < 1.29 is 9.59 Å². The zero-order chi connectivity index (χ0) is 15.7. The normalized spacial score (nSPS) is 17.8. The number of carbonyl (C=O) groups excluding carboxylic acids is 2. The number of benzene rings is 1. The quantitative estimate of drug-likeness (QED) is 0.936. The molecule has 1 aliphatic rings. The summed E-state index contributed by atoms with van der Waals surface area (Å²) >= 11 is 7.53. The lowest BCUT2D eigenvalue weighted by atomic mass is 10.2. The van der Waals surface area contributed by atoms with E-state index in [1.54, 1.807) is 11.0 Å². The van der Waals surface area contributed by atoms with E-state index in [1.807, 2.05) is 36.6 Å². The number of hydrogen-bond acceptors (Lipinski definition) is 3. The molecule has 1 aliphatic heterocycles. The van der Waals surface area contributed by atoms with E-state index in [-0.39, 0.29) is 11.8 Å². The number of anilines is 1. The summed E-state index contributed by atoms with van der Waals surface area (Å²) in [5.41, 5.74) is 1.62. The van der Waals surface area contributed by atoms with Crippen LogP contribution in [0.4, 0.5) is 5.69 Å². The van der Waals surface area contributed by atoms with E-state index in [0.29, 0.717) is 28.6 Å². The van der Waals surface area contributed by atoms with E-state index >= 15 is 0 Å². The smallest absolute Gasteiger partial charge is 0.262 e. The number of aryl methyl sites for hydroxylation is 1. The molecule has 6 heteroatoms. The molecular formula is C16H15ClN2O2S. The van der Waals surface area contributed by atoms with Gasteiger partial charge in [0.25, 0.3) is 5.91 Å². The average Bonchev–Trinajstić information content (AvgIpc) is 3.07. The Morgan fingerprint density at radius 3 is 2.82 bits per heavy atom. The third kappa shape index (κ3) is 2.74. The molecule has 1 N–H and O–H groups in total. The molecule has 1 aromatic heterocycles. The van der Waals surface area contributed by atoms with Gasteiger partial charge in [0.15, 0.2) is 0 Å². The largest absolute Gasteiger partial charge is 0.339 e. The zero-order valence-electron chi connectivity index (χ0n) is 12.0. The summed E-state index contributed by atoms with van der Waals surface area (Å²) in [6.45, 7) is 2.44. The molecule has 1 saturated heterocycles. The van der Waals surface area contributed by atoms with Gasteiger partial charge in [0.05, 0.1) is 15.6 Å². The average molecular weight is 335 g/mol. The number of nitrogens with one attached hydrogen (secondary N) is 1. The molecule has 2 aromatic rings. The summed E-state index contributed by atoms with van der Waals surface area (Å²) in [4.78, 5) is 27.0. The minimum absolute atomic E-state index is 0.115. The summed E-state index contributed by atoms with van der Waals surface area (Å²) in [6.07, 6.45) is 0.584. The lowest BCUT2D eigenvalue weighted by Crippen LogP contribution is -2.41. The van der Waals surface area contributed by atoms with Gasteiger partial charge in [0.2, 0.25) is 5.91 Å². The first-order chi connectivity index (χ1) is 10.6. The van der Waals surface area contributed by atoms with Crippen LogP contribution in [0.15, 0.2) is 35.7 Å². The predicted octanol–water partition coefficient (Wildman–Crippen LogP) is 3.25. The third-order valence-electron chi connectivity index (χ3n) is 3.72. The van der Waals surface area contributed by atoms with Gasteiger partial charge in [-0.25, -0.2) is 0 Å². The molecule has 1 aromatic carbocycles. The van der Waals surface area contributed by atoms with Crippen LogP contribution < -0.4 is 10.2 Å². The number of hydrogen-bond donors (Lipinski definition) is 1. The van der Waals surface area contributed by atoms with Gasteiger partial charge in [0.1, 0.15) is 6.04 Å². The SMILES string of the molecule is Cc1ccsc1C(=O)N[C@@H]1CCN(c2ccccc2Cl)C1=O. The summed E-state index contributed by atoms with van der Waals surface area (Å²) in [6, 6.07) is 8.64. The van der Waals surface area contributed by atoms with Crippen molar-refractivity contribution in [2.75, 3.05) is 11.4 Å². The highest BCUT2D eigenvalue weighted by atomic mass is 35.5. The molecule has 114 valence electrons. The fraction of sp³-hybridized carbons (Fsp3) is 0.250. The van der Waals surface area contributed by atoms with E-state index in [1.165, 1.54) is 11.3 Å². The van der Waals surface area contributed by atoms with Crippen molar-refractivity contribution in [2.45, 2.75) is 19.4 Å². The summed E-state index contributed by atoms with van der Waals surface area (Å²) in [5.74, 6) is -0.303. The van der Waals surface area contributed by atoms with Crippen LogP contribution in [0.2, 0.25) is 5.02 Å². The Kier molecular flexibility index (Phi) is 4.18. The molecule has 2 heterocycles. The van der Waals surface area contributed by atoms with Gasteiger partial charge in [-0.05, 0) is 42.5 Å². The number of amides is 2. The number of nitrogens with zero attached hydrogens (tertiary/aromatic N) is 1. The third-order valence-corrected chi connectivity index (χ3v) is 5.06. The van der Waals surface area contributed by atoms with E-state index in [9.17, 15) is 9.59 Å². The molecule has 0 saturated carbocycles. The Morgan fingerprint density at radius 1 is 1.36 bits per heavy atom. The summed E-state index contributed by atoms with van der Waals surface area (Å²) < 4.78 is 0. The molecule has 0 bridgehead atoms. The molecule has 3 rings (SSSR count). The van der Waals surface area contributed by atoms with E-state index in [4.69, 9.17) is 11.6 Å². The number of halogens is 1. The fourth-order valence-corrected chi connectivity index (χ4v) is 3.62. The number of rotatable bonds is 3. The first kappa shape index (κ1) is 15.1. The van der Waals surface area contributed by atoms with Crippen LogP contribution in [-0.4, -0.2) is 24.4 Å². The minimum atomic E-state index is -0.495. The zero-order valence-corrected chi connectivity index (χ0v) is 13.6. The van der Waals surface area contributed by atoms with Crippen LogP contribution in [-0.2, 0) is 4.79 Å². The minimum Gasteiger partial charge on any atom is -0.339 e. The molecule has 0 unspecified atom stereocenters. The van der Waals surface area contributed by atoms with Gasteiger partial charge >= 0.3 is 0 Å². The molecule has 4 nitrogen and oxygen atoms in total. The highest BCUT2D eigenvalue weighted by Gasteiger charge is 2.34. The number of para-hydroxylation sites is 1. The second-order valence-corrected chi connectivity index (χ2v) is 6.51. The van der Waals surface area contributed by atoms with Crippen LogP contribution in [0.25, 0.3) is 0 Å². The van der Waals surface area contributed by atoms with Crippen LogP contribution in [0.5, 0.6) is 0 Å². The first-order valence-corrected chi connectivity index (χ1v) is 8.24. The summed E-state index contributed by atoms with van der Waals surface area (Å²) in [5, 5.41) is 5.24. The fourth-order valence-electron chi connectivity index (χ4n) is 2.55. The van der Waals surface area contributed by atoms with Crippen molar-refractivity contribution in [1.29, 1.82) is 0 Å². The van der Waals surface area contributed by atoms with Gasteiger partial charge in [-0.15, -0.1) is 11.3 Å². The van der Waals surface area contributed by atoms with Gasteiger partial charge in [-0.1, -0.05) is 23.7 Å². The van der Waals surface area contributed by atoms with Gasteiger partial charge < -0.3 is 10.2 Å². The molecule has 1 atom stereocenters.